The second kappa shape index (κ2) is 7.74. The van der Waals surface area contributed by atoms with Gasteiger partial charge in [-0.05, 0) is 30.2 Å². The fourth-order valence-corrected chi connectivity index (χ4v) is 3.13. The third-order valence-corrected chi connectivity index (χ3v) is 4.44. The lowest BCUT2D eigenvalue weighted by molar-refractivity contribution is -0.137. The largest absolute Gasteiger partial charge is 0.416 e. The summed E-state index contributed by atoms with van der Waals surface area (Å²) in [6.45, 7) is 4.83. The van der Waals surface area contributed by atoms with E-state index in [-0.39, 0.29) is 17.3 Å². The van der Waals surface area contributed by atoms with Crippen LogP contribution in [-0.4, -0.2) is 24.9 Å². The summed E-state index contributed by atoms with van der Waals surface area (Å²) in [5, 5.41) is 8.35. The second-order valence-electron chi connectivity index (χ2n) is 7.22. The molecule has 0 saturated heterocycles. The van der Waals surface area contributed by atoms with Crippen molar-refractivity contribution in [3.05, 3.63) is 60.6 Å². The Morgan fingerprint density at radius 3 is 2.53 bits per heavy atom. The molecule has 0 saturated carbocycles. The first-order valence-corrected chi connectivity index (χ1v) is 9.31. The van der Waals surface area contributed by atoms with Gasteiger partial charge in [0.15, 0.2) is 0 Å². The molecule has 0 spiro atoms. The van der Waals surface area contributed by atoms with E-state index >= 15 is 0 Å². The molecule has 0 aliphatic carbocycles. The fourth-order valence-electron chi connectivity index (χ4n) is 3.13. The monoisotopic (exact) mass is 413 g/mol. The standard InChI is InChI=1S/C21H18F3N5O/c1-13(2)12-29-18(14-6-8-25-9-7-14)17(11-26-29)20-27-19(28-30-20)15-4-3-5-16(10-15)21(22,23)24/h3-11,13H,12H2,1-2H3. The number of hydrogen-bond acceptors (Lipinski definition) is 5. The average molecular weight is 413 g/mol. The van der Waals surface area contributed by atoms with Crippen LogP contribution >= 0.6 is 0 Å². The highest BCUT2D eigenvalue weighted by atomic mass is 19.4. The molecule has 0 N–H and O–H groups in total. The predicted octanol–water partition coefficient (Wildman–Crippen LogP) is 5.34. The van der Waals surface area contributed by atoms with Gasteiger partial charge in [-0.15, -0.1) is 0 Å². The summed E-state index contributed by atoms with van der Waals surface area (Å²) in [5.74, 6) is 0.610. The molecule has 0 aliphatic rings. The van der Waals surface area contributed by atoms with E-state index in [1.54, 1.807) is 18.6 Å². The van der Waals surface area contributed by atoms with Crippen LogP contribution in [0.1, 0.15) is 19.4 Å². The summed E-state index contributed by atoms with van der Waals surface area (Å²) in [6.07, 6.45) is 0.526. The fraction of sp³-hybridized carbons (Fsp3) is 0.238. The van der Waals surface area contributed by atoms with Crippen LogP contribution in [0, 0.1) is 5.92 Å². The minimum absolute atomic E-state index is 0.0772. The van der Waals surface area contributed by atoms with Gasteiger partial charge in [0.2, 0.25) is 5.82 Å². The van der Waals surface area contributed by atoms with Crippen molar-refractivity contribution in [2.45, 2.75) is 26.6 Å². The zero-order chi connectivity index (χ0) is 21.3. The lowest BCUT2D eigenvalue weighted by Gasteiger charge is -2.10. The molecule has 0 radical (unpaired) electrons. The van der Waals surface area contributed by atoms with E-state index in [9.17, 15) is 13.2 Å². The molecular weight excluding hydrogens is 395 g/mol. The van der Waals surface area contributed by atoms with Crippen molar-refractivity contribution < 1.29 is 17.7 Å². The summed E-state index contributed by atoms with van der Waals surface area (Å²) in [5.41, 5.74) is 1.71. The van der Waals surface area contributed by atoms with Gasteiger partial charge < -0.3 is 4.52 Å². The van der Waals surface area contributed by atoms with Gasteiger partial charge in [0.05, 0.1) is 23.0 Å². The van der Waals surface area contributed by atoms with Crippen molar-refractivity contribution in [2.75, 3.05) is 0 Å². The third-order valence-electron chi connectivity index (χ3n) is 4.44. The van der Waals surface area contributed by atoms with Crippen molar-refractivity contribution >= 4 is 0 Å². The van der Waals surface area contributed by atoms with Crippen molar-refractivity contribution in [3.8, 4) is 34.1 Å². The molecule has 0 fully saturated rings. The molecule has 3 aromatic heterocycles. The smallest absolute Gasteiger partial charge is 0.333 e. The van der Waals surface area contributed by atoms with Crippen molar-refractivity contribution in [3.63, 3.8) is 0 Å². The van der Waals surface area contributed by atoms with Crippen LogP contribution in [0.3, 0.4) is 0 Å². The Kier molecular flexibility index (Phi) is 5.11. The Bertz CT molecular complexity index is 1150. The first-order valence-electron chi connectivity index (χ1n) is 9.31. The van der Waals surface area contributed by atoms with Crippen molar-refractivity contribution in [2.24, 2.45) is 5.92 Å². The molecule has 6 nitrogen and oxygen atoms in total. The number of benzene rings is 1. The summed E-state index contributed by atoms with van der Waals surface area (Å²) < 4.78 is 46.3. The zero-order valence-electron chi connectivity index (χ0n) is 16.3. The molecule has 0 unspecified atom stereocenters. The quantitative estimate of drug-likeness (QED) is 0.442. The first kappa shape index (κ1) is 19.8. The molecule has 154 valence electrons. The van der Waals surface area contributed by atoms with E-state index in [1.807, 2.05) is 16.8 Å². The number of halogens is 3. The highest BCUT2D eigenvalue weighted by Gasteiger charge is 2.31. The van der Waals surface area contributed by atoms with Crippen molar-refractivity contribution in [1.29, 1.82) is 0 Å². The summed E-state index contributed by atoms with van der Waals surface area (Å²) in [6, 6.07) is 8.53. The Labute approximate surface area is 170 Å². The van der Waals surface area contributed by atoms with E-state index in [0.717, 1.165) is 23.4 Å². The number of rotatable bonds is 5. The molecular formula is C21H18F3N5O. The Morgan fingerprint density at radius 2 is 1.83 bits per heavy atom. The topological polar surface area (TPSA) is 69.6 Å². The maximum absolute atomic E-state index is 13.0. The van der Waals surface area contributed by atoms with E-state index < -0.39 is 11.7 Å². The Balaban J connectivity index is 1.77. The van der Waals surface area contributed by atoms with Gasteiger partial charge in [-0.25, -0.2) is 0 Å². The van der Waals surface area contributed by atoms with E-state index in [0.29, 0.717) is 18.0 Å². The molecule has 1 aromatic carbocycles. The molecule has 0 atom stereocenters. The minimum atomic E-state index is -4.45. The SMILES string of the molecule is CC(C)Cn1ncc(-c2nc(-c3cccc(C(F)(F)F)c3)no2)c1-c1ccncc1. The van der Waals surface area contributed by atoms with E-state index in [2.05, 4.69) is 34.1 Å². The van der Waals surface area contributed by atoms with Crippen LogP contribution in [0.5, 0.6) is 0 Å². The molecule has 4 rings (SSSR count). The summed E-state index contributed by atoms with van der Waals surface area (Å²) in [4.78, 5) is 8.39. The molecule has 0 aliphatic heterocycles. The van der Waals surface area contributed by atoms with Gasteiger partial charge in [0.1, 0.15) is 0 Å². The number of alkyl halides is 3. The van der Waals surface area contributed by atoms with E-state index in [4.69, 9.17) is 4.52 Å². The number of pyridine rings is 1. The van der Waals surface area contributed by atoms with Crippen LogP contribution in [-0.2, 0) is 12.7 Å². The number of aromatic nitrogens is 5. The van der Waals surface area contributed by atoms with E-state index in [1.165, 1.54) is 12.1 Å². The van der Waals surface area contributed by atoms with Crippen LogP contribution in [0.25, 0.3) is 34.1 Å². The zero-order valence-corrected chi connectivity index (χ0v) is 16.3. The predicted molar refractivity (Wildman–Crippen MR) is 104 cm³/mol. The van der Waals surface area contributed by atoms with Gasteiger partial charge >= 0.3 is 6.18 Å². The van der Waals surface area contributed by atoms with Crippen LogP contribution in [0.15, 0.2) is 59.5 Å². The van der Waals surface area contributed by atoms with Gasteiger partial charge in [0, 0.05) is 30.1 Å². The first-order chi connectivity index (χ1) is 14.3. The normalized spacial score (nSPS) is 11.9. The lowest BCUT2D eigenvalue weighted by Crippen LogP contribution is -2.07. The molecule has 9 heteroatoms. The van der Waals surface area contributed by atoms with Gasteiger partial charge in [-0.2, -0.15) is 23.3 Å². The highest BCUT2D eigenvalue weighted by molar-refractivity contribution is 5.77. The maximum Gasteiger partial charge on any atom is 0.416 e. The van der Waals surface area contributed by atoms with Crippen LogP contribution in [0.4, 0.5) is 13.2 Å². The molecule has 30 heavy (non-hydrogen) atoms. The molecule has 0 amide bonds. The van der Waals surface area contributed by atoms with Crippen LogP contribution in [0.2, 0.25) is 0 Å². The second-order valence-corrected chi connectivity index (χ2v) is 7.22. The van der Waals surface area contributed by atoms with Gasteiger partial charge in [0.25, 0.3) is 5.89 Å². The number of hydrogen-bond donors (Lipinski definition) is 0. The average Bonchev–Trinajstić information content (AvgIpc) is 3.35. The summed E-state index contributed by atoms with van der Waals surface area (Å²) >= 11 is 0. The van der Waals surface area contributed by atoms with Crippen molar-refractivity contribution in [1.82, 2.24) is 24.9 Å². The van der Waals surface area contributed by atoms with Gasteiger partial charge in [-0.3, -0.25) is 9.67 Å². The lowest BCUT2D eigenvalue weighted by atomic mass is 10.1. The van der Waals surface area contributed by atoms with Gasteiger partial charge in [-0.1, -0.05) is 31.1 Å². The maximum atomic E-state index is 13.0. The minimum Gasteiger partial charge on any atom is -0.333 e. The Hall–Kier alpha value is -3.49. The Morgan fingerprint density at radius 1 is 1.07 bits per heavy atom. The summed E-state index contributed by atoms with van der Waals surface area (Å²) in [7, 11) is 0. The molecule has 3 heterocycles. The molecule has 0 bridgehead atoms. The third kappa shape index (κ3) is 3.96. The highest BCUT2D eigenvalue weighted by Crippen LogP contribution is 2.34. The number of nitrogens with zero attached hydrogens (tertiary/aromatic N) is 5. The van der Waals surface area contributed by atoms with Crippen LogP contribution < -0.4 is 0 Å². The molecule has 4 aromatic rings.